The second-order valence-corrected chi connectivity index (χ2v) is 2.69. The van der Waals surface area contributed by atoms with Gasteiger partial charge in [-0.2, -0.15) is 5.26 Å². The van der Waals surface area contributed by atoms with E-state index in [1.807, 2.05) is 0 Å². The molecule has 3 nitrogen and oxygen atoms in total. The van der Waals surface area contributed by atoms with Crippen LogP contribution in [-0.2, 0) is 5.88 Å². The molecule has 7 heteroatoms. The van der Waals surface area contributed by atoms with E-state index >= 15 is 0 Å². The summed E-state index contributed by atoms with van der Waals surface area (Å²) in [5.41, 5.74) is -0.245. The molecule has 0 aromatic carbocycles. The highest BCUT2D eigenvalue weighted by Crippen LogP contribution is 2.27. The van der Waals surface area contributed by atoms with E-state index in [1.54, 1.807) is 6.07 Å². The Bertz CT molecular complexity index is 400. The molecular weight excluding hydrogens is 233 g/mol. The molecule has 80 valence electrons. The number of aromatic nitrogens is 1. The fourth-order valence-electron chi connectivity index (χ4n) is 0.916. The van der Waals surface area contributed by atoms with Gasteiger partial charge in [-0.3, -0.25) is 4.98 Å². The molecule has 0 bridgehead atoms. The van der Waals surface area contributed by atoms with Crippen LogP contribution in [0.2, 0.25) is 0 Å². The van der Waals surface area contributed by atoms with Gasteiger partial charge in [0.15, 0.2) is 5.75 Å². The normalized spacial score (nSPS) is 10.9. The molecule has 0 aliphatic carbocycles. The zero-order valence-electron chi connectivity index (χ0n) is 7.18. The van der Waals surface area contributed by atoms with Crippen LogP contribution in [0.4, 0.5) is 13.2 Å². The Morgan fingerprint density at radius 2 is 2.20 bits per heavy atom. The van der Waals surface area contributed by atoms with Crippen LogP contribution in [0.5, 0.6) is 5.75 Å². The van der Waals surface area contributed by atoms with Crippen molar-refractivity contribution in [3.8, 4) is 11.8 Å². The molecule has 15 heavy (non-hydrogen) atoms. The average Bonchev–Trinajstić information content (AvgIpc) is 2.15. The molecule has 1 rings (SSSR count). The summed E-state index contributed by atoms with van der Waals surface area (Å²) in [7, 11) is 0. The number of nitrogens with zero attached hydrogens (tertiary/aromatic N) is 2. The van der Waals surface area contributed by atoms with Crippen LogP contribution in [-0.4, -0.2) is 11.3 Å². The predicted octanol–water partition coefficient (Wildman–Crippen LogP) is 2.59. The second kappa shape index (κ2) is 4.36. The molecule has 0 saturated carbocycles. The number of hydrogen-bond acceptors (Lipinski definition) is 3. The fraction of sp³-hybridized carbons (Fsp3) is 0.250. The number of hydrogen-bond donors (Lipinski definition) is 0. The van der Waals surface area contributed by atoms with Crippen molar-refractivity contribution in [3.05, 3.63) is 23.5 Å². The summed E-state index contributed by atoms with van der Waals surface area (Å²) in [5, 5.41) is 8.63. The van der Waals surface area contributed by atoms with Gasteiger partial charge in [0.1, 0.15) is 11.6 Å². The van der Waals surface area contributed by atoms with Crippen LogP contribution in [0.3, 0.4) is 0 Å². The Kier molecular flexibility index (Phi) is 3.37. The fourth-order valence-corrected chi connectivity index (χ4v) is 1.12. The Morgan fingerprint density at radius 1 is 1.53 bits per heavy atom. The van der Waals surface area contributed by atoms with Crippen molar-refractivity contribution in [3.63, 3.8) is 0 Å². The van der Waals surface area contributed by atoms with E-state index in [2.05, 4.69) is 9.72 Å². The van der Waals surface area contributed by atoms with Gasteiger partial charge in [-0.1, -0.05) is 0 Å². The largest absolute Gasteiger partial charge is 0.573 e. The van der Waals surface area contributed by atoms with Crippen LogP contribution in [0.15, 0.2) is 12.3 Å². The van der Waals surface area contributed by atoms with Gasteiger partial charge in [-0.05, 0) is 0 Å². The summed E-state index contributed by atoms with van der Waals surface area (Å²) in [6.45, 7) is 0. The zero-order chi connectivity index (χ0) is 11.5. The summed E-state index contributed by atoms with van der Waals surface area (Å²) in [4.78, 5) is 3.66. The molecule has 1 aromatic heterocycles. The third-order valence-electron chi connectivity index (χ3n) is 1.46. The number of ether oxygens (including phenoxy) is 1. The van der Waals surface area contributed by atoms with Crippen LogP contribution in [0, 0.1) is 11.3 Å². The Balaban J connectivity index is 3.14. The Morgan fingerprint density at radius 3 is 2.67 bits per heavy atom. The summed E-state index contributed by atoms with van der Waals surface area (Å²) >= 11 is 5.40. The first kappa shape index (κ1) is 11.6. The maximum Gasteiger partial charge on any atom is 0.573 e. The molecule has 0 saturated heterocycles. The molecule has 1 heterocycles. The van der Waals surface area contributed by atoms with Gasteiger partial charge in [0, 0.05) is 12.3 Å². The van der Waals surface area contributed by atoms with E-state index < -0.39 is 12.1 Å². The van der Waals surface area contributed by atoms with Crippen molar-refractivity contribution in [1.82, 2.24) is 4.98 Å². The number of halogens is 4. The first-order valence-electron chi connectivity index (χ1n) is 3.67. The van der Waals surface area contributed by atoms with E-state index in [0.29, 0.717) is 0 Å². The van der Waals surface area contributed by atoms with Gasteiger partial charge in [-0.15, -0.1) is 24.8 Å². The van der Waals surface area contributed by atoms with Gasteiger partial charge >= 0.3 is 6.36 Å². The lowest BCUT2D eigenvalue weighted by Crippen LogP contribution is -2.18. The van der Waals surface area contributed by atoms with E-state index in [9.17, 15) is 13.2 Å². The van der Waals surface area contributed by atoms with Crippen molar-refractivity contribution < 1.29 is 17.9 Å². The van der Waals surface area contributed by atoms with Crippen LogP contribution >= 0.6 is 11.6 Å². The first-order valence-corrected chi connectivity index (χ1v) is 4.21. The minimum Gasteiger partial charge on any atom is -0.404 e. The molecule has 0 aliphatic heterocycles. The van der Waals surface area contributed by atoms with Crippen LogP contribution in [0.25, 0.3) is 0 Å². The molecule has 0 radical (unpaired) electrons. The molecule has 0 unspecified atom stereocenters. The van der Waals surface area contributed by atoms with Crippen LogP contribution in [0.1, 0.15) is 11.3 Å². The quantitative estimate of drug-likeness (QED) is 0.742. The highest BCUT2D eigenvalue weighted by molar-refractivity contribution is 6.17. The molecule has 0 N–H and O–H groups in total. The average molecular weight is 237 g/mol. The minimum absolute atomic E-state index is 0.0564. The molecule has 0 atom stereocenters. The molecule has 0 aliphatic rings. The zero-order valence-corrected chi connectivity index (χ0v) is 7.93. The summed E-state index contributed by atoms with van der Waals surface area (Å²) in [6, 6.07) is 2.53. The number of nitriles is 1. The molecule has 0 spiro atoms. The van der Waals surface area contributed by atoms with Gasteiger partial charge < -0.3 is 4.74 Å². The van der Waals surface area contributed by atoms with E-state index in [-0.39, 0.29) is 17.1 Å². The molecule has 0 fully saturated rings. The highest BCUT2D eigenvalue weighted by Gasteiger charge is 2.32. The summed E-state index contributed by atoms with van der Waals surface area (Å²) in [5.74, 6) is -0.742. The molecular formula is C8H4ClF3N2O. The first-order chi connectivity index (χ1) is 6.98. The molecule has 0 amide bonds. The van der Waals surface area contributed by atoms with E-state index in [0.717, 1.165) is 12.3 Å². The Labute approximate surface area is 88.1 Å². The van der Waals surface area contributed by atoms with Crippen molar-refractivity contribution in [2.75, 3.05) is 0 Å². The maximum atomic E-state index is 11.9. The van der Waals surface area contributed by atoms with Crippen molar-refractivity contribution in [2.45, 2.75) is 12.2 Å². The standard InChI is InChI=1S/C8H4ClF3N2O/c9-3-6-5(4-13)7(1-2-14-6)15-8(10,11)12/h1-2H,3H2. The third kappa shape index (κ3) is 2.99. The van der Waals surface area contributed by atoms with Gasteiger partial charge in [0.05, 0.1) is 11.6 Å². The van der Waals surface area contributed by atoms with Crippen LogP contribution < -0.4 is 4.74 Å². The lowest BCUT2D eigenvalue weighted by atomic mass is 10.2. The predicted molar refractivity (Wildman–Crippen MR) is 45.2 cm³/mol. The SMILES string of the molecule is N#Cc1c(OC(F)(F)F)ccnc1CCl. The second-order valence-electron chi connectivity index (χ2n) is 2.42. The maximum absolute atomic E-state index is 11.9. The van der Waals surface area contributed by atoms with Gasteiger partial charge in [0.25, 0.3) is 0 Å². The third-order valence-corrected chi connectivity index (χ3v) is 1.71. The molecule has 1 aromatic rings. The van der Waals surface area contributed by atoms with E-state index in [4.69, 9.17) is 16.9 Å². The van der Waals surface area contributed by atoms with Crippen molar-refractivity contribution in [2.24, 2.45) is 0 Å². The number of rotatable bonds is 2. The van der Waals surface area contributed by atoms with Crippen molar-refractivity contribution >= 4 is 11.6 Å². The van der Waals surface area contributed by atoms with Gasteiger partial charge in [-0.25, -0.2) is 0 Å². The minimum atomic E-state index is -4.84. The lowest BCUT2D eigenvalue weighted by Gasteiger charge is -2.10. The summed E-state index contributed by atoms with van der Waals surface area (Å²) in [6.07, 6.45) is -3.74. The highest BCUT2D eigenvalue weighted by atomic mass is 35.5. The lowest BCUT2D eigenvalue weighted by molar-refractivity contribution is -0.274. The monoisotopic (exact) mass is 236 g/mol. The van der Waals surface area contributed by atoms with Crippen molar-refractivity contribution in [1.29, 1.82) is 5.26 Å². The Hall–Kier alpha value is -1.48. The smallest absolute Gasteiger partial charge is 0.404 e. The number of alkyl halides is 4. The van der Waals surface area contributed by atoms with E-state index in [1.165, 1.54) is 0 Å². The topological polar surface area (TPSA) is 45.9 Å². The van der Waals surface area contributed by atoms with Gasteiger partial charge in [0.2, 0.25) is 0 Å². The number of pyridine rings is 1. The summed E-state index contributed by atoms with van der Waals surface area (Å²) < 4.78 is 39.4.